The number of rotatable bonds is 4. The zero-order valence-corrected chi connectivity index (χ0v) is 11.1. The Bertz CT molecular complexity index is 374. The molecular weight excluding hydrogens is 210 g/mol. The summed E-state index contributed by atoms with van der Waals surface area (Å²) < 4.78 is 0. The lowest BCUT2D eigenvalue weighted by Gasteiger charge is -2.01. The van der Waals surface area contributed by atoms with Crippen LogP contribution in [-0.2, 0) is 6.42 Å². The first-order valence-electron chi connectivity index (χ1n) is 5.98. The van der Waals surface area contributed by atoms with Gasteiger partial charge in [-0.2, -0.15) is 0 Å². The highest BCUT2D eigenvalue weighted by Gasteiger charge is 1.97. The Balaban J connectivity index is 0.00000121. The lowest BCUT2D eigenvalue weighted by Crippen LogP contribution is -1.93. The number of carbonyl (C=O) groups is 1. The maximum absolute atomic E-state index is 10.4. The minimum atomic E-state index is 0.617. The standard InChI is InChI=1S/C13H15NO.C2H6/c1-3-5-11(4-2)8-13-7-6-12(10-15)9-14-13;1-2/h3-7,9-10H,8H2,1-2H3;1-2H3/b5-3-,11-4+;. The molecule has 0 bridgehead atoms. The number of carbonyl (C=O) groups excluding carboxylic acids is 1. The Hall–Kier alpha value is -1.70. The van der Waals surface area contributed by atoms with E-state index in [2.05, 4.69) is 17.1 Å². The first-order chi connectivity index (χ1) is 8.30. The fourth-order valence-electron chi connectivity index (χ4n) is 1.29. The van der Waals surface area contributed by atoms with Crippen molar-refractivity contribution in [2.75, 3.05) is 0 Å². The second-order valence-corrected chi connectivity index (χ2v) is 3.24. The molecule has 1 aromatic rings. The molecule has 0 aliphatic rings. The molecule has 0 spiro atoms. The molecule has 0 saturated carbocycles. The first-order valence-corrected chi connectivity index (χ1v) is 5.98. The number of pyridine rings is 1. The van der Waals surface area contributed by atoms with Crippen LogP contribution in [0.5, 0.6) is 0 Å². The van der Waals surface area contributed by atoms with Gasteiger partial charge in [-0.25, -0.2) is 0 Å². The van der Waals surface area contributed by atoms with Crippen LogP contribution in [0.1, 0.15) is 43.7 Å². The average Bonchev–Trinajstić information content (AvgIpc) is 2.41. The van der Waals surface area contributed by atoms with Crippen LogP contribution < -0.4 is 0 Å². The summed E-state index contributed by atoms with van der Waals surface area (Å²) >= 11 is 0. The molecule has 0 radical (unpaired) electrons. The topological polar surface area (TPSA) is 30.0 Å². The van der Waals surface area contributed by atoms with Crippen molar-refractivity contribution in [3.05, 3.63) is 53.4 Å². The molecule has 2 heteroatoms. The number of aldehydes is 1. The molecule has 17 heavy (non-hydrogen) atoms. The molecule has 0 saturated heterocycles. The van der Waals surface area contributed by atoms with E-state index in [1.807, 2.05) is 39.8 Å². The Morgan fingerprint density at radius 1 is 1.29 bits per heavy atom. The lowest BCUT2D eigenvalue weighted by molar-refractivity contribution is 0.112. The number of nitrogens with zero attached hydrogens (tertiary/aromatic N) is 1. The maximum atomic E-state index is 10.4. The molecule has 0 aliphatic heterocycles. The predicted octanol–water partition coefficient (Wildman–Crippen LogP) is 3.99. The Morgan fingerprint density at radius 3 is 2.41 bits per heavy atom. The quantitative estimate of drug-likeness (QED) is 0.579. The van der Waals surface area contributed by atoms with Crippen molar-refractivity contribution in [3.63, 3.8) is 0 Å². The van der Waals surface area contributed by atoms with Gasteiger partial charge in [0.1, 0.15) is 0 Å². The van der Waals surface area contributed by atoms with Gasteiger partial charge in [-0.15, -0.1) is 0 Å². The van der Waals surface area contributed by atoms with Gasteiger partial charge in [0.2, 0.25) is 0 Å². The Labute approximate surface area is 104 Å². The molecule has 0 N–H and O–H groups in total. The summed E-state index contributed by atoms with van der Waals surface area (Å²) in [6, 6.07) is 3.68. The third kappa shape index (κ3) is 5.81. The minimum absolute atomic E-state index is 0.617. The van der Waals surface area contributed by atoms with Crippen LogP contribution in [0.3, 0.4) is 0 Å². The zero-order valence-electron chi connectivity index (χ0n) is 11.1. The Morgan fingerprint density at radius 2 is 2.00 bits per heavy atom. The molecule has 1 aromatic heterocycles. The summed E-state index contributed by atoms with van der Waals surface area (Å²) in [5.41, 5.74) is 2.82. The second-order valence-electron chi connectivity index (χ2n) is 3.24. The highest BCUT2D eigenvalue weighted by molar-refractivity contribution is 5.73. The van der Waals surface area contributed by atoms with Crippen molar-refractivity contribution in [3.8, 4) is 0 Å². The maximum Gasteiger partial charge on any atom is 0.151 e. The molecule has 92 valence electrons. The van der Waals surface area contributed by atoms with E-state index in [0.717, 1.165) is 18.4 Å². The summed E-state index contributed by atoms with van der Waals surface area (Å²) in [6.45, 7) is 8.00. The molecule has 0 aliphatic carbocycles. The van der Waals surface area contributed by atoms with Gasteiger partial charge in [0.15, 0.2) is 6.29 Å². The molecule has 0 atom stereocenters. The summed E-state index contributed by atoms with van der Waals surface area (Å²) in [5.74, 6) is 0. The summed E-state index contributed by atoms with van der Waals surface area (Å²) in [4.78, 5) is 14.6. The van der Waals surface area contributed by atoms with E-state index in [1.165, 1.54) is 5.57 Å². The summed E-state index contributed by atoms with van der Waals surface area (Å²) in [7, 11) is 0. The van der Waals surface area contributed by atoms with E-state index >= 15 is 0 Å². The van der Waals surface area contributed by atoms with Crippen molar-refractivity contribution >= 4 is 6.29 Å². The van der Waals surface area contributed by atoms with E-state index in [0.29, 0.717) is 5.56 Å². The number of aromatic nitrogens is 1. The van der Waals surface area contributed by atoms with Crippen molar-refractivity contribution in [2.45, 2.75) is 34.1 Å². The Kier molecular flexibility index (Phi) is 8.57. The van der Waals surface area contributed by atoms with Crippen molar-refractivity contribution < 1.29 is 4.79 Å². The zero-order chi connectivity index (χ0) is 13.1. The predicted molar refractivity (Wildman–Crippen MR) is 73.2 cm³/mol. The van der Waals surface area contributed by atoms with Crippen LogP contribution >= 0.6 is 0 Å². The van der Waals surface area contributed by atoms with Crippen LogP contribution in [0.4, 0.5) is 0 Å². The molecule has 0 fully saturated rings. The second kappa shape index (κ2) is 9.52. The molecular formula is C15H21NO. The van der Waals surface area contributed by atoms with Crippen molar-refractivity contribution in [1.82, 2.24) is 4.98 Å². The van der Waals surface area contributed by atoms with Gasteiger partial charge in [-0.05, 0) is 31.6 Å². The molecule has 0 amide bonds. The van der Waals surface area contributed by atoms with E-state index in [1.54, 1.807) is 12.3 Å². The van der Waals surface area contributed by atoms with Gasteiger partial charge in [0.05, 0.1) is 0 Å². The highest BCUT2D eigenvalue weighted by Crippen LogP contribution is 2.07. The van der Waals surface area contributed by atoms with E-state index in [9.17, 15) is 4.79 Å². The van der Waals surface area contributed by atoms with E-state index in [4.69, 9.17) is 0 Å². The summed E-state index contributed by atoms with van der Waals surface area (Å²) in [6.07, 6.45) is 9.35. The van der Waals surface area contributed by atoms with Crippen LogP contribution in [-0.4, -0.2) is 11.3 Å². The number of allylic oxidation sites excluding steroid dienone is 4. The molecule has 2 nitrogen and oxygen atoms in total. The van der Waals surface area contributed by atoms with Crippen molar-refractivity contribution in [2.24, 2.45) is 0 Å². The minimum Gasteiger partial charge on any atom is -0.298 e. The fourth-order valence-corrected chi connectivity index (χ4v) is 1.29. The van der Waals surface area contributed by atoms with Gasteiger partial charge in [-0.1, -0.05) is 32.1 Å². The average molecular weight is 231 g/mol. The summed E-state index contributed by atoms with van der Waals surface area (Å²) in [5, 5.41) is 0. The largest absolute Gasteiger partial charge is 0.298 e. The number of hydrogen-bond donors (Lipinski definition) is 0. The van der Waals surface area contributed by atoms with Gasteiger partial charge >= 0.3 is 0 Å². The van der Waals surface area contributed by atoms with Crippen LogP contribution in [0.15, 0.2) is 42.1 Å². The molecule has 0 unspecified atom stereocenters. The monoisotopic (exact) mass is 231 g/mol. The molecule has 0 aromatic carbocycles. The van der Waals surface area contributed by atoms with E-state index < -0.39 is 0 Å². The number of hydrogen-bond acceptors (Lipinski definition) is 2. The van der Waals surface area contributed by atoms with Gasteiger partial charge in [-0.3, -0.25) is 9.78 Å². The van der Waals surface area contributed by atoms with Crippen LogP contribution in [0.2, 0.25) is 0 Å². The molecule has 1 heterocycles. The van der Waals surface area contributed by atoms with E-state index in [-0.39, 0.29) is 0 Å². The van der Waals surface area contributed by atoms with Gasteiger partial charge < -0.3 is 0 Å². The third-order valence-corrected chi connectivity index (χ3v) is 2.12. The van der Waals surface area contributed by atoms with Crippen LogP contribution in [0, 0.1) is 0 Å². The highest BCUT2D eigenvalue weighted by atomic mass is 16.1. The van der Waals surface area contributed by atoms with Gasteiger partial charge in [0.25, 0.3) is 0 Å². The first kappa shape index (κ1) is 15.3. The SMILES string of the molecule is C/C=C\C(=C/C)Cc1ccc(C=O)cn1.CC. The van der Waals surface area contributed by atoms with Crippen molar-refractivity contribution in [1.29, 1.82) is 0 Å². The van der Waals surface area contributed by atoms with Crippen LogP contribution in [0.25, 0.3) is 0 Å². The normalized spacial score (nSPS) is 10.9. The smallest absolute Gasteiger partial charge is 0.151 e. The third-order valence-electron chi connectivity index (χ3n) is 2.12. The molecule has 1 rings (SSSR count). The van der Waals surface area contributed by atoms with Gasteiger partial charge in [0, 0.05) is 23.9 Å². The fraction of sp³-hybridized carbons (Fsp3) is 0.333. The lowest BCUT2D eigenvalue weighted by atomic mass is 10.1.